The first-order valence-corrected chi connectivity index (χ1v) is 6.72. The van der Waals surface area contributed by atoms with E-state index in [1.807, 2.05) is 6.07 Å². The van der Waals surface area contributed by atoms with Crippen molar-refractivity contribution in [3.8, 4) is 5.75 Å². The number of ether oxygens (including phenoxy) is 1. The van der Waals surface area contributed by atoms with Crippen LogP contribution in [0.3, 0.4) is 0 Å². The van der Waals surface area contributed by atoms with E-state index in [-0.39, 0.29) is 25.1 Å². The lowest BCUT2D eigenvalue weighted by molar-refractivity contribution is 0.233. The first-order chi connectivity index (χ1) is 8.69. The van der Waals surface area contributed by atoms with Crippen LogP contribution in [0.15, 0.2) is 18.2 Å². The minimum Gasteiger partial charge on any atom is -0.493 e. The highest BCUT2D eigenvalue weighted by Gasteiger charge is 2.04. The van der Waals surface area contributed by atoms with E-state index < -0.39 is 0 Å². The van der Waals surface area contributed by atoms with Crippen LogP contribution in [0, 0.1) is 13.8 Å². The Hall–Kier alpha value is -0.770. The topological polar surface area (TPSA) is 41.5 Å². The van der Waals surface area contributed by atoms with Gasteiger partial charge in [0.15, 0.2) is 0 Å². The molecule has 1 atom stereocenters. The Morgan fingerprint density at radius 1 is 1.26 bits per heavy atom. The van der Waals surface area contributed by atoms with E-state index in [1.165, 1.54) is 11.1 Å². The van der Waals surface area contributed by atoms with Gasteiger partial charge in [-0.05, 0) is 44.4 Å². The lowest BCUT2D eigenvalue weighted by Crippen LogP contribution is -2.33. The van der Waals surface area contributed by atoms with Crippen molar-refractivity contribution >= 4 is 12.4 Å². The molecule has 0 spiro atoms. The number of para-hydroxylation sites is 1. The van der Waals surface area contributed by atoms with Crippen molar-refractivity contribution in [2.45, 2.75) is 39.7 Å². The van der Waals surface area contributed by atoms with E-state index in [0.717, 1.165) is 25.1 Å². The fourth-order valence-corrected chi connectivity index (χ4v) is 1.92. The molecule has 0 aliphatic heterocycles. The Balaban J connectivity index is 0.00000324. The molecular weight excluding hydrogens is 262 g/mol. The van der Waals surface area contributed by atoms with Crippen LogP contribution in [0.1, 0.15) is 30.9 Å². The standard InChI is InChI=1S/C15H25NO2.ClH/c1-4-14(11-17)16-9-6-10-18-15-12(2)7-5-8-13(15)3;/h5,7-8,14,16-17H,4,6,9-11H2,1-3H3;1H. The van der Waals surface area contributed by atoms with Gasteiger partial charge in [0.2, 0.25) is 0 Å². The lowest BCUT2D eigenvalue weighted by atomic mass is 10.1. The number of benzene rings is 1. The third-order valence-electron chi connectivity index (χ3n) is 3.12. The zero-order valence-corrected chi connectivity index (χ0v) is 12.9. The normalized spacial score (nSPS) is 11.8. The molecule has 0 fully saturated rings. The summed E-state index contributed by atoms with van der Waals surface area (Å²) in [7, 11) is 0. The summed E-state index contributed by atoms with van der Waals surface area (Å²) < 4.78 is 5.81. The third kappa shape index (κ3) is 6.28. The van der Waals surface area contributed by atoms with Crippen LogP contribution < -0.4 is 10.1 Å². The first kappa shape index (κ1) is 18.2. The minimum absolute atomic E-state index is 0. The molecule has 0 saturated carbocycles. The summed E-state index contributed by atoms with van der Waals surface area (Å²) in [5, 5.41) is 12.3. The Bertz CT molecular complexity index is 334. The number of nitrogens with one attached hydrogen (secondary N) is 1. The number of hydrogen-bond donors (Lipinski definition) is 2. The largest absolute Gasteiger partial charge is 0.493 e. The van der Waals surface area contributed by atoms with E-state index in [1.54, 1.807) is 0 Å². The van der Waals surface area contributed by atoms with Gasteiger partial charge in [-0.3, -0.25) is 0 Å². The van der Waals surface area contributed by atoms with Gasteiger partial charge in [-0.1, -0.05) is 25.1 Å². The molecule has 0 bridgehead atoms. The predicted octanol–water partition coefficient (Wildman–Crippen LogP) is 2.85. The second kappa shape index (κ2) is 10.1. The van der Waals surface area contributed by atoms with E-state index in [2.05, 4.69) is 38.2 Å². The first-order valence-electron chi connectivity index (χ1n) is 6.72. The Kier molecular flexibility index (Phi) is 9.66. The molecular formula is C15H26ClNO2. The molecule has 0 aliphatic carbocycles. The third-order valence-corrected chi connectivity index (χ3v) is 3.12. The summed E-state index contributed by atoms with van der Waals surface area (Å²) in [6.07, 6.45) is 1.90. The van der Waals surface area contributed by atoms with Gasteiger partial charge in [0.1, 0.15) is 5.75 Å². The van der Waals surface area contributed by atoms with Crippen LogP contribution in [0.2, 0.25) is 0 Å². The second-order valence-corrected chi connectivity index (χ2v) is 4.66. The SMILES string of the molecule is CCC(CO)NCCCOc1c(C)cccc1C.Cl. The number of hydrogen-bond acceptors (Lipinski definition) is 3. The Morgan fingerprint density at radius 2 is 1.89 bits per heavy atom. The van der Waals surface area contributed by atoms with E-state index in [9.17, 15) is 0 Å². The summed E-state index contributed by atoms with van der Waals surface area (Å²) in [5.74, 6) is 1.01. The van der Waals surface area contributed by atoms with Gasteiger partial charge >= 0.3 is 0 Å². The van der Waals surface area contributed by atoms with E-state index in [4.69, 9.17) is 9.84 Å². The van der Waals surface area contributed by atoms with Gasteiger partial charge in [-0.25, -0.2) is 0 Å². The van der Waals surface area contributed by atoms with Crippen LogP contribution in [-0.2, 0) is 0 Å². The molecule has 0 aromatic heterocycles. The maximum absolute atomic E-state index is 9.04. The van der Waals surface area contributed by atoms with Crippen molar-refractivity contribution in [3.05, 3.63) is 29.3 Å². The number of aliphatic hydroxyl groups excluding tert-OH is 1. The molecule has 2 N–H and O–H groups in total. The van der Waals surface area contributed by atoms with Crippen LogP contribution in [0.5, 0.6) is 5.75 Å². The van der Waals surface area contributed by atoms with Crippen molar-refractivity contribution in [2.24, 2.45) is 0 Å². The number of halogens is 1. The smallest absolute Gasteiger partial charge is 0.125 e. The maximum Gasteiger partial charge on any atom is 0.125 e. The van der Waals surface area contributed by atoms with Crippen molar-refractivity contribution in [1.29, 1.82) is 0 Å². The van der Waals surface area contributed by atoms with Crippen molar-refractivity contribution in [3.63, 3.8) is 0 Å². The molecule has 3 nitrogen and oxygen atoms in total. The molecule has 19 heavy (non-hydrogen) atoms. The number of rotatable bonds is 8. The molecule has 4 heteroatoms. The van der Waals surface area contributed by atoms with E-state index >= 15 is 0 Å². The van der Waals surface area contributed by atoms with Crippen LogP contribution in [-0.4, -0.2) is 30.9 Å². The fraction of sp³-hybridized carbons (Fsp3) is 0.600. The van der Waals surface area contributed by atoms with Crippen molar-refractivity contribution in [1.82, 2.24) is 5.32 Å². The summed E-state index contributed by atoms with van der Waals surface area (Å²) in [4.78, 5) is 0. The lowest BCUT2D eigenvalue weighted by Gasteiger charge is -2.15. The van der Waals surface area contributed by atoms with Crippen LogP contribution >= 0.6 is 12.4 Å². The highest BCUT2D eigenvalue weighted by molar-refractivity contribution is 5.85. The quantitative estimate of drug-likeness (QED) is 0.723. The molecule has 1 aromatic carbocycles. The highest BCUT2D eigenvalue weighted by Crippen LogP contribution is 2.22. The van der Waals surface area contributed by atoms with E-state index in [0.29, 0.717) is 6.61 Å². The van der Waals surface area contributed by atoms with Gasteiger partial charge in [-0.2, -0.15) is 0 Å². The van der Waals surface area contributed by atoms with Gasteiger partial charge in [0, 0.05) is 6.04 Å². The fourth-order valence-electron chi connectivity index (χ4n) is 1.92. The van der Waals surface area contributed by atoms with Crippen LogP contribution in [0.25, 0.3) is 0 Å². The molecule has 0 heterocycles. The van der Waals surface area contributed by atoms with Gasteiger partial charge in [-0.15, -0.1) is 12.4 Å². The van der Waals surface area contributed by atoms with Gasteiger partial charge in [0.25, 0.3) is 0 Å². The second-order valence-electron chi connectivity index (χ2n) is 4.66. The average molecular weight is 288 g/mol. The zero-order valence-electron chi connectivity index (χ0n) is 12.1. The molecule has 1 rings (SSSR count). The maximum atomic E-state index is 9.04. The Labute approximate surface area is 122 Å². The number of aryl methyl sites for hydroxylation is 2. The average Bonchev–Trinajstić information content (AvgIpc) is 2.37. The highest BCUT2D eigenvalue weighted by atomic mass is 35.5. The predicted molar refractivity (Wildman–Crippen MR) is 82.4 cm³/mol. The molecule has 0 radical (unpaired) electrons. The molecule has 1 aromatic rings. The van der Waals surface area contributed by atoms with Crippen LogP contribution in [0.4, 0.5) is 0 Å². The Morgan fingerprint density at radius 3 is 2.42 bits per heavy atom. The minimum atomic E-state index is 0. The van der Waals surface area contributed by atoms with Crippen molar-refractivity contribution in [2.75, 3.05) is 19.8 Å². The monoisotopic (exact) mass is 287 g/mol. The molecule has 0 aliphatic rings. The zero-order chi connectivity index (χ0) is 13.4. The van der Waals surface area contributed by atoms with Crippen molar-refractivity contribution < 1.29 is 9.84 Å². The number of aliphatic hydroxyl groups is 1. The molecule has 110 valence electrons. The van der Waals surface area contributed by atoms with Gasteiger partial charge < -0.3 is 15.2 Å². The molecule has 0 saturated heterocycles. The molecule has 1 unspecified atom stereocenters. The summed E-state index contributed by atoms with van der Waals surface area (Å²) in [5.41, 5.74) is 2.37. The molecule has 0 amide bonds. The summed E-state index contributed by atoms with van der Waals surface area (Å²) in [6, 6.07) is 6.40. The van der Waals surface area contributed by atoms with Gasteiger partial charge in [0.05, 0.1) is 13.2 Å². The summed E-state index contributed by atoms with van der Waals surface area (Å²) >= 11 is 0. The summed E-state index contributed by atoms with van der Waals surface area (Å²) in [6.45, 7) is 8.00.